The number of hydrogen-bond acceptors (Lipinski definition) is 5. The Kier molecular flexibility index (Phi) is 4.28. The molecule has 0 aromatic heterocycles. The molecule has 0 bridgehead atoms. The van der Waals surface area contributed by atoms with Crippen LogP contribution in [0, 0.1) is 10.1 Å². The van der Waals surface area contributed by atoms with Crippen LogP contribution in [-0.4, -0.2) is 19.1 Å². The van der Waals surface area contributed by atoms with Gasteiger partial charge in [-0.05, 0) is 12.5 Å². The number of nitro benzene ring substituents is 1. The summed E-state index contributed by atoms with van der Waals surface area (Å²) in [6, 6.07) is 2.50. The highest BCUT2D eigenvalue weighted by atomic mass is 16.6. The van der Waals surface area contributed by atoms with E-state index in [-0.39, 0.29) is 5.69 Å². The highest BCUT2D eigenvalue weighted by molar-refractivity contribution is 5.55. The van der Waals surface area contributed by atoms with E-state index in [1.54, 1.807) is 6.07 Å². The maximum Gasteiger partial charge on any atom is 0.278 e. The van der Waals surface area contributed by atoms with Crippen molar-refractivity contribution in [1.82, 2.24) is 0 Å². The third-order valence-corrected chi connectivity index (χ3v) is 2.57. The summed E-state index contributed by atoms with van der Waals surface area (Å²) in [5, 5.41) is 11.0. The maximum absolute atomic E-state index is 11.0. The lowest BCUT2D eigenvalue weighted by Crippen LogP contribution is -2.11. The number of ether oxygens (including phenoxy) is 2. The van der Waals surface area contributed by atoms with E-state index in [1.807, 2.05) is 6.92 Å². The minimum atomic E-state index is -0.465. The second kappa shape index (κ2) is 5.49. The minimum absolute atomic E-state index is 0.0444. The summed E-state index contributed by atoms with van der Waals surface area (Å²) >= 11 is 0. The van der Waals surface area contributed by atoms with Gasteiger partial charge in [0, 0.05) is 6.04 Å². The molecule has 0 fully saturated rings. The zero-order valence-corrected chi connectivity index (χ0v) is 10.1. The number of methoxy groups -OCH3 is 2. The molecular weight excluding hydrogens is 224 g/mol. The van der Waals surface area contributed by atoms with Gasteiger partial charge < -0.3 is 15.2 Å². The van der Waals surface area contributed by atoms with Gasteiger partial charge in [0.1, 0.15) is 0 Å². The summed E-state index contributed by atoms with van der Waals surface area (Å²) in [6.07, 6.45) is 0.607. The molecule has 0 saturated heterocycles. The lowest BCUT2D eigenvalue weighted by Gasteiger charge is -2.13. The molecule has 0 radical (unpaired) electrons. The van der Waals surface area contributed by atoms with Crippen LogP contribution in [0.3, 0.4) is 0 Å². The first kappa shape index (κ1) is 13.2. The Balaban J connectivity index is 3.40. The number of benzene rings is 1. The van der Waals surface area contributed by atoms with Crippen molar-refractivity contribution >= 4 is 5.69 Å². The average Bonchev–Trinajstić information content (AvgIpc) is 2.35. The molecule has 1 rings (SSSR count). The van der Waals surface area contributed by atoms with Crippen LogP contribution in [0.2, 0.25) is 0 Å². The van der Waals surface area contributed by atoms with Crippen LogP contribution in [0.25, 0.3) is 0 Å². The van der Waals surface area contributed by atoms with Crippen molar-refractivity contribution in [2.45, 2.75) is 19.4 Å². The monoisotopic (exact) mass is 240 g/mol. The van der Waals surface area contributed by atoms with E-state index >= 15 is 0 Å². The summed E-state index contributed by atoms with van der Waals surface area (Å²) in [5.41, 5.74) is 6.26. The van der Waals surface area contributed by atoms with Crippen molar-refractivity contribution < 1.29 is 14.4 Å². The molecule has 0 aliphatic heterocycles. The molecule has 6 nitrogen and oxygen atoms in total. The fourth-order valence-electron chi connectivity index (χ4n) is 1.56. The Morgan fingerprint density at radius 2 is 1.88 bits per heavy atom. The quantitative estimate of drug-likeness (QED) is 0.628. The van der Waals surface area contributed by atoms with Crippen molar-refractivity contribution in [2.24, 2.45) is 5.73 Å². The third kappa shape index (κ3) is 2.65. The summed E-state index contributed by atoms with van der Waals surface area (Å²) in [5.74, 6) is 0.767. The van der Waals surface area contributed by atoms with E-state index in [0.29, 0.717) is 23.5 Å². The molecule has 0 spiro atoms. The van der Waals surface area contributed by atoms with Gasteiger partial charge in [-0.3, -0.25) is 10.1 Å². The van der Waals surface area contributed by atoms with Crippen LogP contribution in [0.1, 0.15) is 24.9 Å². The van der Waals surface area contributed by atoms with Crippen molar-refractivity contribution in [3.8, 4) is 11.5 Å². The molecule has 94 valence electrons. The van der Waals surface area contributed by atoms with Gasteiger partial charge in [-0.2, -0.15) is 0 Å². The topological polar surface area (TPSA) is 87.6 Å². The first-order valence-corrected chi connectivity index (χ1v) is 5.21. The molecule has 6 heteroatoms. The Hall–Kier alpha value is -1.82. The number of rotatable bonds is 5. The second-order valence-corrected chi connectivity index (χ2v) is 3.54. The first-order chi connectivity index (χ1) is 8.04. The fourth-order valence-corrected chi connectivity index (χ4v) is 1.56. The van der Waals surface area contributed by atoms with Gasteiger partial charge in [0.05, 0.1) is 30.8 Å². The Morgan fingerprint density at radius 3 is 2.29 bits per heavy atom. The van der Waals surface area contributed by atoms with Crippen LogP contribution in [0.4, 0.5) is 5.69 Å². The number of nitro groups is 1. The van der Waals surface area contributed by atoms with Gasteiger partial charge in [0.2, 0.25) is 0 Å². The first-order valence-electron chi connectivity index (χ1n) is 5.21. The molecule has 0 heterocycles. The van der Waals surface area contributed by atoms with Crippen LogP contribution >= 0.6 is 0 Å². The standard InChI is InChI=1S/C11H16N2O4/c1-4-8(12)7-5-10(16-2)11(17-3)6-9(7)13(14)15/h5-6,8H,4,12H2,1-3H3/t8-/m1/s1. The van der Waals surface area contributed by atoms with Gasteiger partial charge in [0.15, 0.2) is 11.5 Å². The lowest BCUT2D eigenvalue weighted by atomic mass is 10.0. The van der Waals surface area contributed by atoms with Gasteiger partial charge in [-0.15, -0.1) is 0 Å². The van der Waals surface area contributed by atoms with Crippen LogP contribution < -0.4 is 15.2 Å². The molecule has 0 aliphatic rings. The van der Waals surface area contributed by atoms with Crippen LogP contribution in [-0.2, 0) is 0 Å². The summed E-state index contributed by atoms with van der Waals surface area (Å²) in [7, 11) is 2.91. The molecule has 0 unspecified atom stereocenters. The van der Waals surface area contributed by atoms with Crippen LogP contribution in [0.15, 0.2) is 12.1 Å². The predicted octanol–water partition coefficient (Wildman–Crippen LogP) is 2.02. The molecule has 17 heavy (non-hydrogen) atoms. The summed E-state index contributed by atoms with van der Waals surface area (Å²) < 4.78 is 10.1. The van der Waals surface area contributed by atoms with E-state index in [9.17, 15) is 10.1 Å². The molecule has 1 aromatic carbocycles. The second-order valence-electron chi connectivity index (χ2n) is 3.54. The van der Waals surface area contributed by atoms with E-state index in [1.165, 1.54) is 20.3 Å². The average molecular weight is 240 g/mol. The van der Waals surface area contributed by atoms with E-state index in [2.05, 4.69) is 0 Å². The molecule has 0 amide bonds. The van der Waals surface area contributed by atoms with Crippen molar-refractivity contribution in [1.29, 1.82) is 0 Å². The zero-order valence-electron chi connectivity index (χ0n) is 10.1. The van der Waals surface area contributed by atoms with Gasteiger partial charge in [-0.25, -0.2) is 0 Å². The largest absolute Gasteiger partial charge is 0.493 e. The van der Waals surface area contributed by atoms with E-state index in [4.69, 9.17) is 15.2 Å². The number of nitrogens with two attached hydrogens (primary N) is 1. The highest BCUT2D eigenvalue weighted by Crippen LogP contribution is 2.37. The Morgan fingerprint density at radius 1 is 1.35 bits per heavy atom. The predicted molar refractivity (Wildman–Crippen MR) is 63.4 cm³/mol. The van der Waals surface area contributed by atoms with E-state index < -0.39 is 11.0 Å². The zero-order chi connectivity index (χ0) is 13.0. The smallest absolute Gasteiger partial charge is 0.278 e. The molecule has 1 aromatic rings. The summed E-state index contributed by atoms with van der Waals surface area (Å²) in [6.45, 7) is 1.87. The third-order valence-electron chi connectivity index (χ3n) is 2.57. The molecule has 0 aliphatic carbocycles. The highest BCUT2D eigenvalue weighted by Gasteiger charge is 2.22. The van der Waals surface area contributed by atoms with Crippen LogP contribution in [0.5, 0.6) is 11.5 Å². The molecule has 2 N–H and O–H groups in total. The normalized spacial score (nSPS) is 12.0. The van der Waals surface area contributed by atoms with Crippen molar-refractivity contribution in [2.75, 3.05) is 14.2 Å². The molecule has 1 atom stereocenters. The minimum Gasteiger partial charge on any atom is -0.493 e. The fraction of sp³-hybridized carbons (Fsp3) is 0.455. The van der Waals surface area contributed by atoms with Gasteiger partial charge in [0.25, 0.3) is 5.69 Å². The number of hydrogen-bond donors (Lipinski definition) is 1. The Bertz CT molecular complexity index is 420. The van der Waals surface area contributed by atoms with Gasteiger partial charge in [-0.1, -0.05) is 6.92 Å². The van der Waals surface area contributed by atoms with Crippen molar-refractivity contribution in [3.05, 3.63) is 27.8 Å². The maximum atomic E-state index is 11.0. The van der Waals surface area contributed by atoms with Gasteiger partial charge >= 0.3 is 0 Å². The number of nitrogens with zero attached hydrogens (tertiary/aromatic N) is 1. The lowest BCUT2D eigenvalue weighted by molar-refractivity contribution is -0.385. The molecular formula is C11H16N2O4. The SMILES string of the molecule is CC[C@@H](N)c1cc(OC)c(OC)cc1[N+](=O)[O-]. The summed E-state index contributed by atoms with van der Waals surface area (Å²) in [4.78, 5) is 10.5. The Labute approximate surface area is 99.5 Å². The van der Waals surface area contributed by atoms with Crippen molar-refractivity contribution in [3.63, 3.8) is 0 Å². The molecule has 0 saturated carbocycles. The van der Waals surface area contributed by atoms with E-state index in [0.717, 1.165) is 0 Å².